The number of para-hydroxylation sites is 4. The van der Waals surface area contributed by atoms with E-state index in [0.29, 0.717) is 0 Å². The minimum Gasteiger partial charge on any atom is -0.310 e. The molecule has 0 N–H and O–H groups in total. The SMILES string of the molecule is C.Cc1nc(C)c(-c2cc(-n3c4ccccc4c4ccccc43)cc(-n3c4ccccc4c4ccccc43)c2)c(C)c1-c1cc(N(c2ccc3ccccc3c2)c2ccc3ccccc3c2)cc(N(c2ccc3ccccc3c2)c2ccc3ccccc3c2)c1. The quantitative estimate of drug-likeness (QED) is 0.137. The molecular weight excluding hydrogens is 1090 g/mol. The molecule has 90 heavy (non-hydrogen) atoms. The average Bonchev–Trinajstić information content (AvgIpc) is 1.60. The van der Waals surface area contributed by atoms with Crippen LogP contribution in [-0.4, -0.2) is 14.1 Å². The fourth-order valence-electron chi connectivity index (χ4n) is 14.4. The zero-order chi connectivity index (χ0) is 59.3. The van der Waals surface area contributed by atoms with Crippen molar-refractivity contribution in [1.29, 1.82) is 0 Å². The largest absolute Gasteiger partial charge is 0.310 e. The second kappa shape index (κ2) is 21.7. The summed E-state index contributed by atoms with van der Waals surface area (Å²) in [7, 11) is 0. The third kappa shape index (κ3) is 8.96. The van der Waals surface area contributed by atoms with Gasteiger partial charge in [0.2, 0.25) is 0 Å². The van der Waals surface area contributed by atoms with Crippen molar-refractivity contribution in [3.63, 3.8) is 0 Å². The number of benzene rings is 14. The van der Waals surface area contributed by atoms with Crippen LogP contribution in [0.4, 0.5) is 34.1 Å². The molecule has 3 aromatic heterocycles. The molecule has 0 aliphatic rings. The molecule has 428 valence electrons. The van der Waals surface area contributed by atoms with Crippen molar-refractivity contribution in [3.8, 4) is 33.6 Å². The van der Waals surface area contributed by atoms with Crippen LogP contribution in [-0.2, 0) is 0 Å². The lowest BCUT2D eigenvalue weighted by Crippen LogP contribution is -2.14. The Balaban J connectivity index is 0.00000649. The Hall–Kier alpha value is -11.5. The van der Waals surface area contributed by atoms with Crippen LogP contribution in [0.5, 0.6) is 0 Å². The highest BCUT2D eigenvalue weighted by atomic mass is 15.2. The van der Waals surface area contributed by atoms with E-state index in [-0.39, 0.29) is 7.43 Å². The second-order valence-corrected chi connectivity index (χ2v) is 23.7. The maximum atomic E-state index is 5.65. The molecule has 0 amide bonds. The van der Waals surface area contributed by atoms with Gasteiger partial charge in [-0.15, -0.1) is 0 Å². The molecule has 5 nitrogen and oxygen atoms in total. The number of hydrogen-bond acceptors (Lipinski definition) is 3. The van der Waals surface area contributed by atoms with Gasteiger partial charge in [-0.2, -0.15) is 0 Å². The van der Waals surface area contributed by atoms with Gasteiger partial charge in [0.05, 0.1) is 22.1 Å². The van der Waals surface area contributed by atoms with Crippen molar-refractivity contribution in [2.75, 3.05) is 9.80 Å². The first-order valence-corrected chi connectivity index (χ1v) is 30.7. The zero-order valence-electron chi connectivity index (χ0n) is 49.6. The predicted molar refractivity (Wildman–Crippen MR) is 384 cm³/mol. The number of rotatable bonds is 10. The van der Waals surface area contributed by atoms with Crippen LogP contribution >= 0.6 is 0 Å². The standard InChI is InChI=1S/C84H59N5.CH4/c1-54-83(55(2)85-56(3)84(54)66-50-73(88-79-32-16-12-28-75(79)76-29-13-17-33-80(76)88)53-74(51-66)89-81-34-18-14-30-77(81)78-31-15-19-35-82(78)89)65-48-71(86(67-40-36-57-20-4-8-24-61(57)44-67)68-41-37-58-21-5-9-25-62(58)45-68)52-72(49-65)87(69-42-38-59-22-6-10-26-63(59)46-69)70-43-39-60-23-7-11-27-64(60)47-70;/h4-53H,1-3H3;1H4. The summed E-state index contributed by atoms with van der Waals surface area (Å²) in [6, 6.07) is 112. The molecule has 0 aliphatic carbocycles. The van der Waals surface area contributed by atoms with E-state index in [0.717, 1.165) is 107 Å². The van der Waals surface area contributed by atoms with Crippen molar-refractivity contribution in [3.05, 3.63) is 320 Å². The highest BCUT2D eigenvalue weighted by molar-refractivity contribution is 6.11. The molecule has 0 bridgehead atoms. The van der Waals surface area contributed by atoms with Crippen molar-refractivity contribution in [2.24, 2.45) is 0 Å². The van der Waals surface area contributed by atoms with Gasteiger partial charge >= 0.3 is 0 Å². The van der Waals surface area contributed by atoms with Gasteiger partial charge < -0.3 is 18.9 Å². The molecule has 0 fully saturated rings. The molecule has 0 aliphatic heterocycles. The Bertz CT molecular complexity index is 5130. The van der Waals surface area contributed by atoms with Crippen LogP contribution in [0.1, 0.15) is 24.4 Å². The number of anilines is 6. The van der Waals surface area contributed by atoms with Crippen LogP contribution in [0.15, 0.2) is 303 Å². The maximum absolute atomic E-state index is 5.65. The summed E-state index contributed by atoms with van der Waals surface area (Å²) in [6.07, 6.45) is 0. The zero-order valence-corrected chi connectivity index (χ0v) is 49.6. The summed E-state index contributed by atoms with van der Waals surface area (Å²) in [4.78, 5) is 10.5. The molecule has 5 heteroatoms. The van der Waals surface area contributed by atoms with E-state index in [4.69, 9.17) is 4.98 Å². The van der Waals surface area contributed by atoms with Crippen LogP contribution in [0.2, 0.25) is 0 Å². The van der Waals surface area contributed by atoms with Gasteiger partial charge in [0.15, 0.2) is 0 Å². The lowest BCUT2D eigenvalue weighted by molar-refractivity contribution is 1.10. The Morgan fingerprint density at radius 1 is 0.256 bits per heavy atom. The summed E-state index contributed by atoms with van der Waals surface area (Å²) in [6.45, 7) is 6.70. The molecule has 0 radical (unpaired) electrons. The Morgan fingerprint density at radius 3 is 0.856 bits per heavy atom. The van der Waals surface area contributed by atoms with Gasteiger partial charge in [0, 0.05) is 89.6 Å². The molecule has 17 rings (SSSR count). The molecule has 0 unspecified atom stereocenters. The average molecular weight is 1150 g/mol. The Kier molecular flexibility index (Phi) is 13.0. The monoisotopic (exact) mass is 1150 g/mol. The van der Waals surface area contributed by atoms with Crippen LogP contribution < -0.4 is 9.80 Å². The summed E-state index contributed by atoms with van der Waals surface area (Å²) in [5, 5.41) is 14.3. The Labute approximate surface area is 523 Å². The van der Waals surface area contributed by atoms with Crippen molar-refractivity contribution in [2.45, 2.75) is 28.2 Å². The highest BCUT2D eigenvalue weighted by Gasteiger charge is 2.25. The molecule has 3 heterocycles. The first-order chi connectivity index (χ1) is 43.8. The second-order valence-electron chi connectivity index (χ2n) is 23.7. The molecule has 0 atom stereocenters. The predicted octanol–water partition coefficient (Wildman–Crippen LogP) is 23.7. The van der Waals surface area contributed by atoms with Crippen LogP contribution in [0.3, 0.4) is 0 Å². The molecule has 17 aromatic rings. The highest BCUT2D eigenvalue weighted by Crippen LogP contribution is 2.48. The number of aryl methyl sites for hydroxylation is 2. The van der Waals surface area contributed by atoms with E-state index in [2.05, 4.69) is 343 Å². The van der Waals surface area contributed by atoms with Gasteiger partial charge in [-0.05, 0) is 190 Å². The van der Waals surface area contributed by atoms with Crippen LogP contribution in [0, 0.1) is 20.8 Å². The van der Waals surface area contributed by atoms with E-state index >= 15 is 0 Å². The summed E-state index contributed by atoms with van der Waals surface area (Å²) in [5.41, 5.74) is 20.4. The third-order valence-electron chi connectivity index (χ3n) is 18.3. The number of fused-ring (bicyclic) bond motifs is 10. The lowest BCUT2D eigenvalue weighted by Gasteiger charge is -2.31. The van der Waals surface area contributed by atoms with E-state index < -0.39 is 0 Å². The van der Waals surface area contributed by atoms with Gasteiger partial charge in [0.25, 0.3) is 0 Å². The maximum Gasteiger partial charge on any atom is 0.0541 e. The first kappa shape index (κ1) is 53.9. The third-order valence-corrected chi connectivity index (χ3v) is 18.3. The minimum absolute atomic E-state index is 0. The molecule has 0 saturated heterocycles. The van der Waals surface area contributed by atoms with E-state index in [1.165, 1.54) is 64.6 Å². The fourth-order valence-corrected chi connectivity index (χ4v) is 14.4. The minimum atomic E-state index is 0. The van der Waals surface area contributed by atoms with Gasteiger partial charge in [0.1, 0.15) is 0 Å². The van der Waals surface area contributed by atoms with Gasteiger partial charge in [-0.3, -0.25) is 4.98 Å². The number of hydrogen-bond donors (Lipinski definition) is 0. The topological polar surface area (TPSA) is 29.2 Å². The normalized spacial score (nSPS) is 11.6. The van der Waals surface area contributed by atoms with E-state index in [9.17, 15) is 0 Å². The first-order valence-electron chi connectivity index (χ1n) is 30.7. The number of nitrogens with zero attached hydrogens (tertiary/aromatic N) is 5. The smallest absolute Gasteiger partial charge is 0.0541 e. The summed E-state index contributed by atoms with van der Waals surface area (Å²) < 4.78 is 4.91. The van der Waals surface area contributed by atoms with E-state index in [1.807, 2.05) is 0 Å². The van der Waals surface area contributed by atoms with Crippen molar-refractivity contribution >= 4 is 121 Å². The summed E-state index contributed by atoms with van der Waals surface area (Å²) in [5.74, 6) is 0. The van der Waals surface area contributed by atoms with Crippen molar-refractivity contribution < 1.29 is 0 Å². The van der Waals surface area contributed by atoms with Gasteiger partial charge in [-0.25, -0.2) is 0 Å². The Morgan fingerprint density at radius 2 is 0.533 bits per heavy atom. The fraction of sp³-hybridized carbons (Fsp3) is 0.0471. The van der Waals surface area contributed by atoms with Gasteiger partial charge in [-0.1, -0.05) is 202 Å². The van der Waals surface area contributed by atoms with Crippen molar-refractivity contribution in [1.82, 2.24) is 14.1 Å². The molecule has 14 aromatic carbocycles. The van der Waals surface area contributed by atoms with Crippen LogP contribution in [0.25, 0.3) is 120 Å². The molecule has 0 saturated carbocycles. The summed E-state index contributed by atoms with van der Waals surface area (Å²) >= 11 is 0. The molecule has 0 spiro atoms. The lowest BCUT2D eigenvalue weighted by atomic mass is 9.89. The van der Waals surface area contributed by atoms with E-state index in [1.54, 1.807) is 0 Å². The number of aromatic nitrogens is 3. The molecular formula is C85H63N5. The number of pyridine rings is 1.